The Labute approximate surface area is 75.8 Å². The second kappa shape index (κ2) is 3.94. The van der Waals surface area contributed by atoms with Gasteiger partial charge in [0.1, 0.15) is 0 Å². The Morgan fingerprint density at radius 2 is 2.33 bits per heavy atom. The molecule has 0 spiro atoms. The maximum atomic E-state index is 9.14. The van der Waals surface area contributed by atoms with Gasteiger partial charge >= 0.3 is 0 Å². The summed E-state index contributed by atoms with van der Waals surface area (Å²) >= 11 is 0. The molecule has 2 atom stereocenters. The summed E-state index contributed by atoms with van der Waals surface area (Å²) in [6.07, 6.45) is 7.12. The smallest absolute Gasteiger partial charge is 0.0689 e. The van der Waals surface area contributed by atoms with Crippen LogP contribution in [0.15, 0.2) is 0 Å². The molecule has 0 heterocycles. The molecular weight excluding hydrogens is 146 g/mol. The molecular formula is C11H19N. The van der Waals surface area contributed by atoms with E-state index in [4.69, 9.17) is 5.26 Å². The van der Waals surface area contributed by atoms with Gasteiger partial charge < -0.3 is 0 Å². The average molecular weight is 165 g/mol. The van der Waals surface area contributed by atoms with E-state index in [1.165, 1.54) is 12.8 Å². The van der Waals surface area contributed by atoms with Gasteiger partial charge in [-0.1, -0.05) is 33.1 Å². The number of nitriles is 1. The number of hydrogen-bond acceptors (Lipinski definition) is 1. The van der Waals surface area contributed by atoms with Gasteiger partial charge in [0.25, 0.3) is 0 Å². The summed E-state index contributed by atoms with van der Waals surface area (Å²) in [6.45, 7) is 4.46. The van der Waals surface area contributed by atoms with Crippen LogP contribution in [0.5, 0.6) is 0 Å². The lowest BCUT2D eigenvalue weighted by Gasteiger charge is -2.34. The molecule has 68 valence electrons. The molecule has 0 radical (unpaired) electrons. The van der Waals surface area contributed by atoms with Crippen molar-refractivity contribution >= 4 is 0 Å². The minimum Gasteiger partial charge on any atom is -0.198 e. The Kier molecular flexibility index (Phi) is 3.14. The highest BCUT2D eigenvalue weighted by Gasteiger charge is 2.33. The van der Waals surface area contributed by atoms with Gasteiger partial charge in [0.15, 0.2) is 0 Å². The quantitative estimate of drug-likeness (QED) is 0.614. The van der Waals surface area contributed by atoms with Gasteiger partial charge in [-0.2, -0.15) is 5.26 Å². The first kappa shape index (κ1) is 9.58. The van der Waals surface area contributed by atoms with Crippen molar-refractivity contribution in [3.8, 4) is 6.07 Å². The summed E-state index contributed by atoms with van der Waals surface area (Å²) in [5.74, 6) is 0.768. The van der Waals surface area contributed by atoms with Crippen LogP contribution in [-0.4, -0.2) is 0 Å². The second-order valence-electron chi connectivity index (χ2n) is 4.34. The molecule has 2 unspecified atom stereocenters. The number of nitrogens with zero attached hydrogens (tertiary/aromatic N) is 1. The first-order chi connectivity index (χ1) is 5.72. The predicted molar refractivity (Wildman–Crippen MR) is 50.6 cm³/mol. The fraction of sp³-hybridized carbons (Fsp3) is 0.909. The van der Waals surface area contributed by atoms with Gasteiger partial charge in [0, 0.05) is 0 Å². The molecule has 0 amide bonds. The fourth-order valence-electron chi connectivity index (χ4n) is 2.52. The molecule has 1 fully saturated rings. The van der Waals surface area contributed by atoms with Gasteiger partial charge in [0.05, 0.1) is 11.5 Å². The summed E-state index contributed by atoms with van der Waals surface area (Å²) < 4.78 is 0. The van der Waals surface area contributed by atoms with Crippen LogP contribution >= 0.6 is 0 Å². The van der Waals surface area contributed by atoms with E-state index in [1.54, 1.807) is 0 Å². The summed E-state index contributed by atoms with van der Waals surface area (Å²) in [5, 5.41) is 9.14. The fourth-order valence-corrected chi connectivity index (χ4v) is 2.52. The topological polar surface area (TPSA) is 23.8 Å². The van der Waals surface area contributed by atoms with Crippen molar-refractivity contribution in [2.24, 2.45) is 11.3 Å². The molecule has 0 aliphatic heterocycles. The predicted octanol–water partition coefficient (Wildman–Crippen LogP) is 3.51. The van der Waals surface area contributed by atoms with Crippen LogP contribution in [0.2, 0.25) is 0 Å². The van der Waals surface area contributed by atoms with Crippen molar-refractivity contribution in [1.29, 1.82) is 5.26 Å². The monoisotopic (exact) mass is 165 g/mol. The van der Waals surface area contributed by atoms with E-state index in [-0.39, 0.29) is 5.41 Å². The Balaban J connectivity index is 2.59. The van der Waals surface area contributed by atoms with Crippen LogP contribution in [-0.2, 0) is 0 Å². The zero-order valence-electron chi connectivity index (χ0n) is 8.27. The molecule has 1 nitrogen and oxygen atoms in total. The largest absolute Gasteiger partial charge is 0.198 e. The third-order valence-electron chi connectivity index (χ3n) is 3.06. The van der Waals surface area contributed by atoms with Gasteiger partial charge in [0.2, 0.25) is 0 Å². The zero-order chi connectivity index (χ0) is 9.03. The highest BCUT2D eigenvalue weighted by atomic mass is 14.4. The highest BCUT2D eigenvalue weighted by Crippen LogP contribution is 2.41. The minimum absolute atomic E-state index is 0.0480. The van der Waals surface area contributed by atoms with E-state index < -0.39 is 0 Å². The third kappa shape index (κ3) is 2.00. The van der Waals surface area contributed by atoms with E-state index in [2.05, 4.69) is 19.9 Å². The number of rotatable bonds is 2. The van der Waals surface area contributed by atoms with Crippen molar-refractivity contribution in [2.45, 2.75) is 52.4 Å². The summed E-state index contributed by atoms with van der Waals surface area (Å²) in [5.41, 5.74) is 0.0480. The Hall–Kier alpha value is -0.510. The normalized spacial score (nSPS) is 35.9. The maximum Gasteiger partial charge on any atom is 0.0689 e. The first-order valence-corrected chi connectivity index (χ1v) is 5.14. The SMILES string of the molecule is CCCC1(C#N)CCCC(C)C1. The zero-order valence-corrected chi connectivity index (χ0v) is 8.27. The molecule has 0 aromatic rings. The van der Waals surface area contributed by atoms with Crippen LogP contribution < -0.4 is 0 Å². The molecule has 1 aliphatic carbocycles. The summed E-state index contributed by atoms with van der Waals surface area (Å²) in [4.78, 5) is 0. The lowest BCUT2D eigenvalue weighted by atomic mass is 9.69. The van der Waals surface area contributed by atoms with Crippen LogP contribution in [0.4, 0.5) is 0 Å². The Morgan fingerprint density at radius 3 is 2.83 bits per heavy atom. The Morgan fingerprint density at radius 1 is 1.58 bits per heavy atom. The van der Waals surface area contributed by atoms with Crippen molar-refractivity contribution in [2.75, 3.05) is 0 Å². The van der Waals surface area contributed by atoms with Gasteiger partial charge in [-0.25, -0.2) is 0 Å². The van der Waals surface area contributed by atoms with Gasteiger partial charge in [-0.05, 0) is 25.2 Å². The Bertz CT molecular complexity index is 176. The summed E-state index contributed by atoms with van der Waals surface area (Å²) in [6, 6.07) is 2.55. The van der Waals surface area contributed by atoms with Crippen LogP contribution in [0.3, 0.4) is 0 Å². The van der Waals surface area contributed by atoms with Gasteiger partial charge in [-0.15, -0.1) is 0 Å². The van der Waals surface area contributed by atoms with E-state index in [9.17, 15) is 0 Å². The van der Waals surface area contributed by atoms with Crippen molar-refractivity contribution in [1.82, 2.24) is 0 Å². The third-order valence-corrected chi connectivity index (χ3v) is 3.06. The lowest BCUT2D eigenvalue weighted by molar-refractivity contribution is 0.196. The molecule has 1 saturated carbocycles. The van der Waals surface area contributed by atoms with E-state index >= 15 is 0 Å². The molecule has 0 aromatic carbocycles. The lowest BCUT2D eigenvalue weighted by Crippen LogP contribution is -2.25. The molecule has 0 saturated heterocycles. The highest BCUT2D eigenvalue weighted by molar-refractivity contribution is 5.01. The molecule has 0 bridgehead atoms. The second-order valence-corrected chi connectivity index (χ2v) is 4.34. The molecule has 1 rings (SSSR count). The molecule has 12 heavy (non-hydrogen) atoms. The van der Waals surface area contributed by atoms with Gasteiger partial charge in [-0.3, -0.25) is 0 Å². The van der Waals surface area contributed by atoms with Crippen LogP contribution in [0.1, 0.15) is 52.4 Å². The van der Waals surface area contributed by atoms with E-state index in [0.29, 0.717) is 0 Å². The van der Waals surface area contributed by atoms with E-state index in [1.807, 2.05) is 0 Å². The average Bonchev–Trinajstić information content (AvgIpc) is 2.05. The number of hydrogen-bond donors (Lipinski definition) is 0. The molecule has 0 N–H and O–H groups in total. The molecule has 1 aliphatic rings. The standard InChI is InChI=1S/C11H19N/c1-3-6-11(9-12)7-4-5-10(2)8-11/h10H,3-8H2,1-2H3. The minimum atomic E-state index is 0.0480. The first-order valence-electron chi connectivity index (χ1n) is 5.14. The summed E-state index contributed by atoms with van der Waals surface area (Å²) in [7, 11) is 0. The van der Waals surface area contributed by atoms with Crippen molar-refractivity contribution in [3.05, 3.63) is 0 Å². The molecule has 0 aromatic heterocycles. The molecule has 1 heteroatoms. The van der Waals surface area contributed by atoms with Crippen LogP contribution in [0.25, 0.3) is 0 Å². The van der Waals surface area contributed by atoms with E-state index in [0.717, 1.165) is 31.6 Å². The maximum absolute atomic E-state index is 9.14. The van der Waals surface area contributed by atoms with Crippen molar-refractivity contribution < 1.29 is 0 Å². The van der Waals surface area contributed by atoms with Crippen LogP contribution in [0, 0.1) is 22.7 Å². The van der Waals surface area contributed by atoms with Crippen molar-refractivity contribution in [3.63, 3.8) is 0 Å².